The van der Waals surface area contributed by atoms with Crippen molar-refractivity contribution in [3.63, 3.8) is 0 Å². The van der Waals surface area contributed by atoms with Gasteiger partial charge < -0.3 is 19.1 Å². The van der Waals surface area contributed by atoms with Gasteiger partial charge in [-0.15, -0.1) is 0 Å². The van der Waals surface area contributed by atoms with Crippen LogP contribution in [0.25, 0.3) is 115 Å². The predicted molar refractivity (Wildman–Crippen MR) is 427 cm³/mol. The van der Waals surface area contributed by atoms with Crippen molar-refractivity contribution in [3.8, 4) is 61.7 Å². The van der Waals surface area contributed by atoms with Gasteiger partial charge in [-0.1, -0.05) is 269 Å². The van der Waals surface area contributed by atoms with E-state index in [1.807, 2.05) is 6.07 Å². The number of ether oxygens (including phenoxy) is 1. The molecule has 18 aromatic rings. The highest BCUT2D eigenvalue weighted by Gasteiger charge is 2.35. The van der Waals surface area contributed by atoms with Crippen molar-refractivity contribution >= 4 is 99.0 Å². The lowest BCUT2D eigenvalue weighted by Crippen LogP contribution is -2.24. The number of anilines is 6. The predicted octanol–water partition coefficient (Wildman–Crippen LogP) is 27.1. The maximum Gasteiger partial charge on any atom is 0.131 e. The van der Waals surface area contributed by atoms with Crippen molar-refractivity contribution in [3.05, 3.63) is 393 Å². The lowest BCUT2D eigenvalue weighted by atomic mass is 9.75. The smallest absolute Gasteiger partial charge is 0.131 e. The summed E-state index contributed by atoms with van der Waals surface area (Å²) in [7, 11) is 0. The molecule has 0 saturated heterocycles. The maximum absolute atomic E-state index is 6.43. The molecule has 1 aliphatic heterocycles. The number of hydrogen-bond donors (Lipinski definition) is 0. The number of para-hydroxylation sites is 3. The van der Waals surface area contributed by atoms with Crippen LogP contribution in [0.15, 0.2) is 382 Å². The Morgan fingerprint density at radius 2 is 0.604 bits per heavy atom. The minimum atomic E-state index is -0.217. The van der Waals surface area contributed by atoms with Crippen LogP contribution in [0.2, 0.25) is 0 Å². The van der Waals surface area contributed by atoms with E-state index in [0.29, 0.717) is 0 Å². The third kappa shape index (κ3) is 11.3. The van der Waals surface area contributed by atoms with Gasteiger partial charge in [0.05, 0.1) is 16.7 Å². The molecule has 0 unspecified atom stereocenters. The van der Waals surface area contributed by atoms with Gasteiger partial charge in [0, 0.05) is 61.4 Å². The Bertz CT molecular complexity index is 5890. The van der Waals surface area contributed by atoms with E-state index in [0.717, 1.165) is 51.3 Å². The summed E-state index contributed by atoms with van der Waals surface area (Å²) in [6, 6.07) is 138. The van der Waals surface area contributed by atoms with Gasteiger partial charge in [-0.25, -0.2) is 0 Å². The van der Waals surface area contributed by atoms with Crippen LogP contribution < -0.4 is 14.5 Å². The average Bonchev–Trinajstić information content (AvgIpc) is 1.72. The monoisotopic (exact) mass is 1290 g/mol. The van der Waals surface area contributed by atoms with E-state index in [4.69, 9.17) is 4.74 Å². The normalized spacial score (nSPS) is 12.2. The second-order valence-corrected chi connectivity index (χ2v) is 26.9. The van der Waals surface area contributed by atoms with Crippen LogP contribution in [0, 0.1) is 0 Å². The summed E-state index contributed by atoms with van der Waals surface area (Å²) >= 11 is 0. The zero-order chi connectivity index (χ0) is 67.4. The van der Waals surface area contributed by atoms with E-state index in [-0.39, 0.29) is 5.41 Å². The van der Waals surface area contributed by atoms with Crippen molar-refractivity contribution in [2.75, 3.05) is 9.80 Å². The molecule has 19 rings (SSSR count). The van der Waals surface area contributed by atoms with Crippen LogP contribution >= 0.6 is 0 Å². The van der Waals surface area contributed by atoms with Crippen molar-refractivity contribution in [1.82, 2.24) is 4.57 Å². The van der Waals surface area contributed by atoms with Crippen LogP contribution in [-0.2, 0) is 5.41 Å². The highest BCUT2D eigenvalue weighted by molar-refractivity contribution is 6.16. The summed E-state index contributed by atoms with van der Waals surface area (Å²) in [6.07, 6.45) is 0. The molecule has 101 heavy (non-hydrogen) atoms. The Hall–Kier alpha value is -13.0. The molecule has 0 amide bonds. The van der Waals surface area contributed by atoms with Gasteiger partial charge in [0.2, 0.25) is 0 Å². The molecule has 1 aliphatic rings. The molecule has 2 heterocycles. The fraction of sp³-hybridized carbons (Fsp3) is 0.0309. The SMILES string of the molecule is CC1(C)c2ccccc2Oc2ccc(N(c3ccc(-c4ccc5ccccc5c4)cc3)c3ccc(-c4ccc5ccccc5c4)cc3)cc21.c1ccc(-n2c3ccccc3c3c(N(c4ccc(-c5ccc6ccccc6c5)cc4)c4ccc(-c5ccc6ccccc6c5)cc4)cccc32)cc1. The van der Waals surface area contributed by atoms with E-state index in [9.17, 15) is 0 Å². The number of aromatic nitrogens is 1. The van der Waals surface area contributed by atoms with E-state index >= 15 is 0 Å². The quantitative estimate of drug-likeness (QED) is 0.129. The van der Waals surface area contributed by atoms with Crippen molar-refractivity contribution in [2.24, 2.45) is 0 Å². The first kappa shape index (κ1) is 60.4. The zero-order valence-corrected chi connectivity index (χ0v) is 56.1. The largest absolute Gasteiger partial charge is 0.457 e. The first-order valence-corrected chi connectivity index (χ1v) is 34.8. The van der Waals surface area contributed by atoms with Gasteiger partial charge in [0.25, 0.3) is 0 Å². The molecular weight excluding hydrogens is 1220 g/mol. The van der Waals surface area contributed by atoms with Gasteiger partial charge in [-0.05, 0) is 215 Å². The number of fused-ring (bicyclic) bond motifs is 9. The molecule has 0 fully saturated rings. The van der Waals surface area contributed by atoms with Gasteiger partial charge >= 0.3 is 0 Å². The van der Waals surface area contributed by atoms with Crippen LogP contribution in [0.3, 0.4) is 0 Å². The Morgan fingerprint density at radius 1 is 0.248 bits per heavy atom. The minimum Gasteiger partial charge on any atom is -0.457 e. The van der Waals surface area contributed by atoms with Gasteiger partial charge in [0.15, 0.2) is 0 Å². The number of nitrogens with zero attached hydrogens (tertiary/aromatic N) is 3. The third-order valence-electron chi connectivity index (χ3n) is 20.4. The molecule has 0 bridgehead atoms. The van der Waals surface area contributed by atoms with Crippen LogP contribution in [-0.4, -0.2) is 4.57 Å². The highest BCUT2D eigenvalue weighted by Crippen LogP contribution is 2.51. The molecule has 0 aliphatic carbocycles. The molecule has 0 atom stereocenters. The molecular formula is C97H69N3O. The molecule has 4 nitrogen and oxygen atoms in total. The number of hydrogen-bond acceptors (Lipinski definition) is 3. The maximum atomic E-state index is 6.43. The highest BCUT2D eigenvalue weighted by atomic mass is 16.5. The minimum absolute atomic E-state index is 0.217. The topological polar surface area (TPSA) is 20.6 Å². The Balaban J connectivity index is 0.000000145. The van der Waals surface area contributed by atoms with Crippen molar-refractivity contribution in [1.29, 1.82) is 0 Å². The third-order valence-corrected chi connectivity index (χ3v) is 20.4. The van der Waals surface area contributed by atoms with E-state index < -0.39 is 0 Å². The molecule has 17 aromatic carbocycles. The summed E-state index contributed by atoms with van der Waals surface area (Å²) < 4.78 is 8.82. The Labute approximate surface area is 588 Å². The standard InChI is InChI=1S/C50H34N2.C47H35NO/c1-2-15-43(16-3-1)52-47-18-9-8-17-46(47)50-48(19-10-20-49(50)52)51(44-29-25-37(26-30-44)41-23-21-35-11-4-6-13-39(35)33-41)45-31-27-38(28-32-45)42-24-22-36-12-5-7-14-40(36)34-42;1-47(2)43-13-7-8-14-45(43)49-46-28-27-42(31-44(46)47)48(40-23-19-34(20-24-40)38-17-15-32-9-3-5-11-36(32)29-38)41-25-21-35(22-26-41)39-18-16-33-10-4-6-12-37(33)30-39/h1-34H;3-31H,1-2H3. The Morgan fingerprint density at radius 3 is 1.07 bits per heavy atom. The van der Waals surface area contributed by atoms with E-state index in [2.05, 4.69) is 404 Å². The van der Waals surface area contributed by atoms with Crippen LogP contribution in [0.4, 0.5) is 34.1 Å². The summed E-state index contributed by atoms with van der Waals surface area (Å²) in [6.45, 7) is 4.58. The van der Waals surface area contributed by atoms with Crippen molar-refractivity contribution in [2.45, 2.75) is 19.3 Å². The average molecular weight is 1290 g/mol. The summed E-state index contributed by atoms with van der Waals surface area (Å²) in [5.74, 6) is 1.84. The van der Waals surface area contributed by atoms with Gasteiger partial charge in [-0.2, -0.15) is 0 Å². The zero-order valence-electron chi connectivity index (χ0n) is 56.1. The molecule has 0 saturated carbocycles. The molecule has 0 spiro atoms. The second kappa shape index (κ2) is 25.4. The first-order chi connectivity index (χ1) is 49.8. The van der Waals surface area contributed by atoms with Gasteiger partial charge in [0.1, 0.15) is 11.5 Å². The molecule has 4 heteroatoms. The Kier molecular flexibility index (Phi) is 15.2. The lowest BCUT2D eigenvalue weighted by molar-refractivity contribution is 0.418. The summed E-state index contributed by atoms with van der Waals surface area (Å²) in [5.41, 5.74) is 21.9. The molecule has 1 aromatic heterocycles. The van der Waals surface area contributed by atoms with Crippen LogP contribution in [0.5, 0.6) is 11.5 Å². The molecule has 0 N–H and O–H groups in total. The van der Waals surface area contributed by atoms with E-state index in [1.54, 1.807) is 0 Å². The van der Waals surface area contributed by atoms with Crippen molar-refractivity contribution < 1.29 is 4.74 Å². The van der Waals surface area contributed by atoms with E-state index in [1.165, 1.54) is 121 Å². The lowest BCUT2D eigenvalue weighted by Gasteiger charge is -2.36. The van der Waals surface area contributed by atoms with Gasteiger partial charge in [-0.3, -0.25) is 0 Å². The fourth-order valence-corrected chi connectivity index (χ4v) is 15.2. The second-order valence-electron chi connectivity index (χ2n) is 26.9. The van der Waals surface area contributed by atoms with Crippen LogP contribution in [0.1, 0.15) is 25.0 Å². The summed E-state index contributed by atoms with van der Waals surface area (Å²) in [5, 5.41) is 12.5. The fourth-order valence-electron chi connectivity index (χ4n) is 15.2. The first-order valence-electron chi connectivity index (χ1n) is 34.8. The molecule has 478 valence electrons. The summed E-state index contributed by atoms with van der Waals surface area (Å²) in [4.78, 5) is 4.77. The molecule has 0 radical (unpaired) electrons. The number of rotatable bonds is 11. The number of benzene rings is 17.